The molecule has 0 fully saturated rings. The van der Waals surface area contributed by atoms with Crippen LogP contribution < -0.4 is 5.32 Å². The zero-order valence-electron chi connectivity index (χ0n) is 36.4. The number of phosphoric ester groups is 1. The predicted molar refractivity (Wildman–Crippen MR) is 231 cm³/mol. The molecular formula is C45H86NO10P. The largest absolute Gasteiger partial charge is 0.480 e. The van der Waals surface area contributed by atoms with Crippen molar-refractivity contribution in [2.45, 2.75) is 238 Å². The molecule has 0 rings (SSSR count). The van der Waals surface area contributed by atoms with Crippen molar-refractivity contribution >= 4 is 25.7 Å². The standard InChI is InChI=1S/C45H86NO10P/c1-3-5-7-9-11-13-15-17-18-19-20-21-22-23-24-25-26-28-30-32-34-36-43(48)46-42(45(50)51)40-56-57(52,53)55-39-41(47)38-54-44(49)37-35-33-31-29-27-16-14-12-10-8-6-4-2/h17-18,41-42,47H,3-16,19-40H2,1-2H3,(H,46,48)(H,50,51)(H,52,53)/b18-17+. The molecule has 57 heavy (non-hydrogen) atoms. The van der Waals surface area contributed by atoms with Crippen molar-refractivity contribution in [3.8, 4) is 0 Å². The maximum atomic E-state index is 12.3. The van der Waals surface area contributed by atoms with Crippen LogP contribution in [0.2, 0.25) is 0 Å². The summed E-state index contributed by atoms with van der Waals surface area (Å²) < 4.78 is 26.8. The van der Waals surface area contributed by atoms with Crippen LogP contribution in [0.15, 0.2) is 12.2 Å². The number of phosphoric acid groups is 1. The van der Waals surface area contributed by atoms with Gasteiger partial charge in [0.05, 0.1) is 13.2 Å². The van der Waals surface area contributed by atoms with Crippen LogP contribution in [0.3, 0.4) is 0 Å². The number of ether oxygens (including phenoxy) is 1. The molecule has 3 unspecified atom stereocenters. The lowest BCUT2D eigenvalue weighted by molar-refractivity contribution is -0.147. The van der Waals surface area contributed by atoms with Crippen molar-refractivity contribution in [1.29, 1.82) is 0 Å². The van der Waals surface area contributed by atoms with E-state index in [9.17, 15) is 34.1 Å². The normalized spacial score (nSPS) is 13.8. The SMILES string of the molecule is CCCCCCCC/C=C/CCCCCCCCCCCCCC(=O)NC(COP(=O)(O)OCC(O)COC(=O)CCCCCCCCCCCCCC)C(=O)O. The maximum Gasteiger partial charge on any atom is 0.472 e. The Labute approximate surface area is 347 Å². The Morgan fingerprint density at radius 2 is 0.912 bits per heavy atom. The monoisotopic (exact) mass is 832 g/mol. The van der Waals surface area contributed by atoms with Crippen LogP contribution in [0.25, 0.3) is 0 Å². The minimum absolute atomic E-state index is 0.148. The first-order valence-electron chi connectivity index (χ1n) is 23.2. The first-order valence-corrected chi connectivity index (χ1v) is 24.7. The van der Waals surface area contributed by atoms with Gasteiger partial charge >= 0.3 is 19.8 Å². The van der Waals surface area contributed by atoms with E-state index in [1.54, 1.807) is 0 Å². The van der Waals surface area contributed by atoms with Crippen LogP contribution in [0.1, 0.15) is 226 Å². The summed E-state index contributed by atoms with van der Waals surface area (Å²) in [6.45, 7) is 2.61. The minimum atomic E-state index is -4.75. The number of rotatable bonds is 44. The smallest absolute Gasteiger partial charge is 0.472 e. The van der Waals surface area contributed by atoms with E-state index in [0.717, 1.165) is 38.5 Å². The summed E-state index contributed by atoms with van der Waals surface area (Å²) in [7, 11) is -4.75. The number of unbranched alkanes of at least 4 members (excludes halogenated alkanes) is 28. The number of aliphatic hydroxyl groups excluding tert-OH is 1. The third kappa shape index (κ3) is 40.8. The van der Waals surface area contributed by atoms with Crippen LogP contribution in [0.4, 0.5) is 0 Å². The molecule has 0 radical (unpaired) electrons. The van der Waals surface area contributed by atoms with Crippen LogP contribution in [-0.2, 0) is 32.7 Å². The number of hydrogen-bond acceptors (Lipinski definition) is 8. The summed E-state index contributed by atoms with van der Waals surface area (Å²) in [4.78, 5) is 45.9. The van der Waals surface area contributed by atoms with E-state index >= 15 is 0 Å². The van der Waals surface area contributed by atoms with Crippen molar-refractivity contribution in [1.82, 2.24) is 5.32 Å². The first kappa shape index (κ1) is 55.2. The second kappa shape index (κ2) is 41.0. The van der Waals surface area contributed by atoms with Crippen LogP contribution in [-0.4, -0.2) is 64.9 Å². The van der Waals surface area contributed by atoms with Crippen LogP contribution >= 0.6 is 7.82 Å². The molecule has 0 saturated carbocycles. The fourth-order valence-corrected chi connectivity index (χ4v) is 7.44. The van der Waals surface area contributed by atoms with E-state index in [-0.39, 0.29) is 12.8 Å². The average molecular weight is 832 g/mol. The summed E-state index contributed by atoms with van der Waals surface area (Å²) in [6, 6.07) is -1.54. The van der Waals surface area contributed by atoms with Crippen LogP contribution in [0, 0.1) is 0 Å². The Kier molecular flexibility index (Phi) is 39.7. The molecule has 0 heterocycles. The van der Waals surface area contributed by atoms with Crippen molar-refractivity contribution in [2.75, 3.05) is 19.8 Å². The Morgan fingerprint density at radius 1 is 0.544 bits per heavy atom. The van der Waals surface area contributed by atoms with Gasteiger partial charge in [-0.1, -0.05) is 187 Å². The van der Waals surface area contributed by atoms with Gasteiger partial charge in [-0.25, -0.2) is 9.36 Å². The fourth-order valence-electron chi connectivity index (χ4n) is 6.66. The second-order valence-electron chi connectivity index (χ2n) is 15.9. The molecule has 0 spiro atoms. The number of nitrogens with one attached hydrogen (secondary N) is 1. The molecule has 0 aliphatic carbocycles. The lowest BCUT2D eigenvalue weighted by Gasteiger charge is -2.18. The van der Waals surface area contributed by atoms with Crippen molar-refractivity contribution in [3.63, 3.8) is 0 Å². The number of esters is 1. The number of hydrogen-bond donors (Lipinski definition) is 4. The summed E-state index contributed by atoms with van der Waals surface area (Å²) in [5.74, 6) is -2.36. The third-order valence-electron chi connectivity index (χ3n) is 10.3. The number of carboxylic acids is 1. The maximum absolute atomic E-state index is 12.3. The molecule has 0 aliphatic heterocycles. The summed E-state index contributed by atoms with van der Waals surface area (Å²) in [5.41, 5.74) is 0. The molecule has 1 amide bonds. The molecule has 0 saturated heterocycles. The van der Waals surface area contributed by atoms with Crippen molar-refractivity contribution in [3.05, 3.63) is 12.2 Å². The number of carbonyl (C=O) groups is 3. The van der Waals surface area contributed by atoms with Crippen LogP contribution in [0.5, 0.6) is 0 Å². The van der Waals surface area contributed by atoms with E-state index in [2.05, 4.69) is 31.3 Å². The van der Waals surface area contributed by atoms with Crippen molar-refractivity contribution in [2.24, 2.45) is 0 Å². The summed E-state index contributed by atoms with van der Waals surface area (Å²) >= 11 is 0. The second-order valence-corrected chi connectivity index (χ2v) is 17.4. The average Bonchev–Trinajstić information content (AvgIpc) is 3.18. The molecule has 12 heteroatoms. The summed E-state index contributed by atoms with van der Waals surface area (Å²) in [5, 5.41) is 21.8. The molecule has 0 aromatic rings. The Balaban J connectivity index is 3.84. The number of aliphatic carboxylic acids is 1. The fraction of sp³-hybridized carbons (Fsp3) is 0.889. The van der Waals surface area contributed by atoms with Gasteiger partial charge in [0.15, 0.2) is 6.04 Å². The molecule has 3 atom stereocenters. The van der Waals surface area contributed by atoms with Gasteiger partial charge < -0.3 is 25.2 Å². The van der Waals surface area contributed by atoms with E-state index < -0.39 is 57.6 Å². The highest BCUT2D eigenvalue weighted by Gasteiger charge is 2.28. The molecule has 336 valence electrons. The first-order chi connectivity index (χ1) is 27.6. The van der Waals surface area contributed by atoms with E-state index in [4.69, 9.17) is 13.8 Å². The van der Waals surface area contributed by atoms with Gasteiger partial charge in [-0.15, -0.1) is 0 Å². The third-order valence-corrected chi connectivity index (χ3v) is 11.3. The highest BCUT2D eigenvalue weighted by molar-refractivity contribution is 7.47. The molecule has 0 bridgehead atoms. The summed E-state index contributed by atoms with van der Waals surface area (Å²) in [6.07, 6.45) is 40.9. The van der Waals surface area contributed by atoms with E-state index in [1.165, 1.54) is 148 Å². The lowest BCUT2D eigenvalue weighted by Crippen LogP contribution is -2.43. The number of carbonyl (C=O) groups excluding carboxylic acids is 2. The van der Waals surface area contributed by atoms with Gasteiger partial charge in [0.1, 0.15) is 12.7 Å². The quantitative estimate of drug-likeness (QED) is 0.0201. The number of carboxylic acid groups (broad SMARTS) is 1. The molecule has 4 N–H and O–H groups in total. The number of allylic oxidation sites excluding steroid dienone is 2. The Bertz CT molecular complexity index is 1030. The molecular weight excluding hydrogens is 745 g/mol. The predicted octanol–water partition coefficient (Wildman–Crippen LogP) is 12.1. The van der Waals surface area contributed by atoms with Crippen molar-refractivity contribution < 1.29 is 47.8 Å². The van der Waals surface area contributed by atoms with Gasteiger partial charge in [0, 0.05) is 12.8 Å². The highest BCUT2D eigenvalue weighted by Crippen LogP contribution is 2.43. The Hall–Kier alpha value is -1.78. The number of aliphatic hydroxyl groups is 1. The highest BCUT2D eigenvalue weighted by atomic mass is 31.2. The lowest BCUT2D eigenvalue weighted by atomic mass is 10.0. The molecule has 0 aliphatic rings. The van der Waals surface area contributed by atoms with E-state index in [0.29, 0.717) is 12.8 Å². The topological polar surface area (TPSA) is 169 Å². The molecule has 0 aromatic heterocycles. The number of amides is 1. The molecule has 11 nitrogen and oxygen atoms in total. The van der Waals surface area contributed by atoms with Gasteiger partial charge in [-0.2, -0.15) is 0 Å². The van der Waals surface area contributed by atoms with Gasteiger partial charge in [0.25, 0.3) is 0 Å². The zero-order chi connectivity index (χ0) is 42.1. The van der Waals surface area contributed by atoms with E-state index in [1.807, 2.05) is 0 Å². The minimum Gasteiger partial charge on any atom is -0.480 e. The molecule has 0 aromatic carbocycles. The van der Waals surface area contributed by atoms with Gasteiger partial charge in [-0.3, -0.25) is 18.6 Å². The Morgan fingerprint density at radius 3 is 1.33 bits per heavy atom. The van der Waals surface area contributed by atoms with Gasteiger partial charge in [0.2, 0.25) is 5.91 Å². The zero-order valence-corrected chi connectivity index (χ0v) is 37.3. The van der Waals surface area contributed by atoms with Gasteiger partial charge in [-0.05, 0) is 38.5 Å².